The minimum Gasteiger partial charge on any atom is -0.486 e. The van der Waals surface area contributed by atoms with Gasteiger partial charge in [0.2, 0.25) is 0 Å². The first-order valence-corrected chi connectivity index (χ1v) is 10.9. The number of urea groups is 1. The molecule has 0 bridgehead atoms. The second-order valence-corrected chi connectivity index (χ2v) is 7.88. The Morgan fingerprint density at radius 3 is 2.66 bits per heavy atom. The van der Waals surface area contributed by atoms with Crippen LogP contribution in [0.4, 0.5) is 10.5 Å². The average molecular weight is 435 g/mol. The minimum absolute atomic E-state index is 0.0661. The van der Waals surface area contributed by atoms with Gasteiger partial charge in [-0.05, 0) is 43.2 Å². The van der Waals surface area contributed by atoms with Crippen molar-refractivity contribution in [2.75, 3.05) is 38.2 Å². The highest BCUT2D eigenvalue weighted by atomic mass is 16.6. The van der Waals surface area contributed by atoms with E-state index in [9.17, 15) is 9.59 Å². The fourth-order valence-electron chi connectivity index (χ4n) is 4.06. The third-order valence-electron chi connectivity index (χ3n) is 5.70. The number of aromatic nitrogens is 2. The third-order valence-corrected chi connectivity index (χ3v) is 5.70. The molecule has 2 aliphatic heterocycles. The zero-order chi connectivity index (χ0) is 21.9. The van der Waals surface area contributed by atoms with Crippen LogP contribution in [0.1, 0.15) is 23.2 Å². The predicted octanol–water partition coefficient (Wildman–Crippen LogP) is 2.87. The summed E-state index contributed by atoms with van der Waals surface area (Å²) in [4.78, 5) is 31.2. The second-order valence-electron chi connectivity index (χ2n) is 7.88. The van der Waals surface area contributed by atoms with E-state index in [1.165, 1.54) is 0 Å². The normalized spacial score (nSPS) is 15.1. The molecule has 0 radical (unpaired) electrons. The number of nitrogens with one attached hydrogen (secondary N) is 2. The highest BCUT2D eigenvalue weighted by Gasteiger charge is 2.20. The van der Waals surface area contributed by atoms with Crippen molar-refractivity contribution in [3.8, 4) is 11.5 Å². The standard InChI is InChI=1S/C23H25N5O4/c29-22(27-8-1-2-9-27)16-3-5-19-18(13-16)25-15-28(19)10-7-24-23(30)26-17-4-6-20-21(14-17)32-12-11-31-20/h3-6,13-15H,1-2,7-12H2,(H2,24,26,30). The summed E-state index contributed by atoms with van der Waals surface area (Å²) in [5, 5.41) is 5.65. The maximum atomic E-state index is 12.6. The first-order chi connectivity index (χ1) is 15.7. The molecule has 1 fully saturated rings. The van der Waals surface area contributed by atoms with E-state index in [0.29, 0.717) is 49.1 Å². The summed E-state index contributed by atoms with van der Waals surface area (Å²) in [5.41, 5.74) is 3.00. The number of amides is 3. The van der Waals surface area contributed by atoms with Crippen molar-refractivity contribution in [1.82, 2.24) is 19.8 Å². The van der Waals surface area contributed by atoms with Crippen LogP contribution >= 0.6 is 0 Å². The van der Waals surface area contributed by atoms with E-state index in [2.05, 4.69) is 15.6 Å². The molecule has 0 aliphatic carbocycles. The van der Waals surface area contributed by atoms with Crippen molar-refractivity contribution >= 4 is 28.7 Å². The molecular formula is C23H25N5O4. The number of imidazole rings is 1. The van der Waals surface area contributed by atoms with E-state index in [4.69, 9.17) is 9.47 Å². The molecule has 9 heteroatoms. The van der Waals surface area contributed by atoms with E-state index < -0.39 is 0 Å². The van der Waals surface area contributed by atoms with E-state index in [1.54, 1.807) is 24.5 Å². The first kappa shape index (κ1) is 20.2. The Hall–Kier alpha value is -3.75. The summed E-state index contributed by atoms with van der Waals surface area (Å²) in [6, 6.07) is 10.6. The van der Waals surface area contributed by atoms with Gasteiger partial charge >= 0.3 is 6.03 Å². The SMILES string of the molecule is O=C(NCCn1cnc2cc(C(=O)N3CCCC3)ccc21)Nc1ccc2c(c1)OCCO2. The summed E-state index contributed by atoms with van der Waals surface area (Å²) in [7, 11) is 0. The van der Waals surface area contributed by atoms with Gasteiger partial charge in [-0.3, -0.25) is 4.79 Å². The molecule has 1 saturated heterocycles. The van der Waals surface area contributed by atoms with Crippen LogP contribution in [0.25, 0.3) is 11.0 Å². The Bertz CT molecular complexity index is 1150. The molecule has 3 heterocycles. The topological polar surface area (TPSA) is 97.7 Å². The molecule has 9 nitrogen and oxygen atoms in total. The maximum absolute atomic E-state index is 12.6. The second kappa shape index (κ2) is 8.78. The zero-order valence-corrected chi connectivity index (χ0v) is 17.7. The van der Waals surface area contributed by atoms with Gasteiger partial charge < -0.3 is 29.6 Å². The molecule has 0 unspecified atom stereocenters. The fourth-order valence-corrected chi connectivity index (χ4v) is 4.06. The lowest BCUT2D eigenvalue weighted by atomic mass is 10.1. The number of nitrogens with zero attached hydrogens (tertiary/aromatic N) is 3. The highest BCUT2D eigenvalue weighted by Crippen LogP contribution is 2.32. The van der Waals surface area contributed by atoms with Crippen LogP contribution in [-0.4, -0.2) is 59.2 Å². The minimum atomic E-state index is -0.301. The highest BCUT2D eigenvalue weighted by molar-refractivity contribution is 5.97. The Kier molecular flexibility index (Phi) is 5.53. The van der Waals surface area contributed by atoms with Crippen molar-refractivity contribution in [2.24, 2.45) is 0 Å². The van der Waals surface area contributed by atoms with Gasteiger partial charge in [-0.1, -0.05) is 0 Å². The molecule has 3 amide bonds. The zero-order valence-electron chi connectivity index (χ0n) is 17.7. The summed E-state index contributed by atoms with van der Waals surface area (Å²) in [6.07, 6.45) is 3.87. The summed E-state index contributed by atoms with van der Waals surface area (Å²) >= 11 is 0. The van der Waals surface area contributed by atoms with Crippen molar-refractivity contribution in [3.05, 3.63) is 48.3 Å². The fraction of sp³-hybridized carbons (Fsp3) is 0.348. The number of likely N-dealkylation sites (tertiary alicyclic amines) is 1. The van der Waals surface area contributed by atoms with E-state index in [1.807, 2.05) is 27.7 Å². The smallest absolute Gasteiger partial charge is 0.319 e. The van der Waals surface area contributed by atoms with Crippen molar-refractivity contribution in [1.29, 1.82) is 0 Å². The number of fused-ring (bicyclic) bond motifs is 2. The maximum Gasteiger partial charge on any atom is 0.319 e. The van der Waals surface area contributed by atoms with Crippen molar-refractivity contribution in [2.45, 2.75) is 19.4 Å². The Morgan fingerprint density at radius 2 is 1.81 bits per heavy atom. The van der Waals surface area contributed by atoms with Crippen LogP contribution in [-0.2, 0) is 6.54 Å². The molecule has 0 atom stereocenters. The van der Waals surface area contributed by atoms with Crippen LogP contribution in [0.5, 0.6) is 11.5 Å². The van der Waals surface area contributed by atoms with Gasteiger partial charge in [0.05, 0.1) is 17.4 Å². The quantitative estimate of drug-likeness (QED) is 0.642. The number of anilines is 1. The van der Waals surface area contributed by atoms with Gasteiger partial charge in [0.25, 0.3) is 5.91 Å². The molecule has 0 spiro atoms. The summed E-state index contributed by atoms with van der Waals surface area (Å²) in [6.45, 7) is 3.66. The Balaban J connectivity index is 1.16. The average Bonchev–Trinajstić information content (AvgIpc) is 3.49. The van der Waals surface area contributed by atoms with Crippen molar-refractivity contribution in [3.63, 3.8) is 0 Å². The number of carbonyl (C=O) groups is 2. The third kappa shape index (κ3) is 4.18. The molecule has 166 valence electrons. The molecule has 2 aliphatic rings. The van der Waals surface area contributed by atoms with Gasteiger partial charge in [0, 0.05) is 43.5 Å². The van der Waals surface area contributed by atoms with E-state index >= 15 is 0 Å². The number of ether oxygens (including phenoxy) is 2. The van der Waals surface area contributed by atoms with E-state index in [0.717, 1.165) is 37.0 Å². The number of hydrogen-bond acceptors (Lipinski definition) is 5. The molecule has 3 aromatic rings. The monoisotopic (exact) mass is 435 g/mol. The first-order valence-electron chi connectivity index (χ1n) is 10.9. The molecule has 5 rings (SSSR count). The summed E-state index contributed by atoms with van der Waals surface area (Å²) < 4.78 is 13.0. The van der Waals surface area contributed by atoms with Crippen LogP contribution in [0.2, 0.25) is 0 Å². The van der Waals surface area contributed by atoms with Gasteiger partial charge in [0.1, 0.15) is 13.2 Å². The van der Waals surface area contributed by atoms with Crippen LogP contribution in [0.3, 0.4) is 0 Å². The van der Waals surface area contributed by atoms with Crippen LogP contribution in [0.15, 0.2) is 42.7 Å². The van der Waals surface area contributed by atoms with Gasteiger partial charge in [0.15, 0.2) is 11.5 Å². The van der Waals surface area contributed by atoms with Crippen molar-refractivity contribution < 1.29 is 19.1 Å². The molecule has 2 N–H and O–H groups in total. The molecular weight excluding hydrogens is 410 g/mol. The molecule has 32 heavy (non-hydrogen) atoms. The van der Waals surface area contributed by atoms with Crippen LogP contribution < -0.4 is 20.1 Å². The molecule has 1 aromatic heterocycles. The number of carbonyl (C=O) groups excluding carboxylic acids is 2. The largest absolute Gasteiger partial charge is 0.486 e. The number of hydrogen-bond donors (Lipinski definition) is 2. The lowest BCUT2D eigenvalue weighted by Crippen LogP contribution is -2.31. The summed E-state index contributed by atoms with van der Waals surface area (Å²) in [5.74, 6) is 1.37. The molecule has 2 aromatic carbocycles. The van der Waals surface area contributed by atoms with Crippen LogP contribution in [0, 0.1) is 0 Å². The number of rotatable bonds is 5. The lowest BCUT2D eigenvalue weighted by molar-refractivity contribution is 0.0793. The molecule has 0 saturated carbocycles. The lowest BCUT2D eigenvalue weighted by Gasteiger charge is -2.19. The van der Waals surface area contributed by atoms with Gasteiger partial charge in [-0.15, -0.1) is 0 Å². The number of benzene rings is 2. The van der Waals surface area contributed by atoms with Gasteiger partial charge in [-0.25, -0.2) is 9.78 Å². The van der Waals surface area contributed by atoms with E-state index in [-0.39, 0.29) is 11.9 Å². The van der Waals surface area contributed by atoms with Gasteiger partial charge in [-0.2, -0.15) is 0 Å². The Morgan fingerprint density at radius 1 is 1.00 bits per heavy atom. The Labute approximate surface area is 185 Å². The predicted molar refractivity (Wildman–Crippen MR) is 119 cm³/mol.